The van der Waals surface area contributed by atoms with E-state index in [1.807, 2.05) is 22.9 Å². The Labute approximate surface area is 104 Å². The minimum Gasteiger partial charge on any atom is -0.282 e. The first kappa shape index (κ1) is 10.7. The van der Waals surface area contributed by atoms with Gasteiger partial charge in [-0.1, -0.05) is 29.4 Å². The maximum Gasteiger partial charge on any atom is 0.274 e. The van der Waals surface area contributed by atoms with Crippen molar-refractivity contribution in [2.24, 2.45) is 0 Å². The lowest BCUT2D eigenvalue weighted by molar-refractivity contribution is 0.582. The molecule has 5 heteroatoms. The molecule has 90 valence electrons. The molecule has 3 rings (SSSR count). The van der Waals surface area contributed by atoms with Gasteiger partial charge in [-0.2, -0.15) is 4.80 Å². The molecule has 3 aromatic rings. The molecule has 0 aliphatic heterocycles. The molecule has 0 spiro atoms. The molecule has 0 radical (unpaired) electrons. The van der Waals surface area contributed by atoms with Crippen molar-refractivity contribution < 1.29 is 0 Å². The lowest BCUT2D eigenvalue weighted by Gasteiger charge is -1.97. The molecule has 0 bridgehead atoms. The maximum absolute atomic E-state index is 4.32. The monoisotopic (exact) mass is 239 g/mol. The van der Waals surface area contributed by atoms with E-state index in [0.29, 0.717) is 12.5 Å². The molecule has 5 nitrogen and oxygen atoms in total. The highest BCUT2D eigenvalue weighted by molar-refractivity contribution is 5.84. The molecule has 0 N–H and O–H groups in total. The molecule has 0 aliphatic carbocycles. The van der Waals surface area contributed by atoms with Gasteiger partial charge >= 0.3 is 0 Å². The number of hydrogen-bond donors (Lipinski definition) is 0. The van der Waals surface area contributed by atoms with Crippen LogP contribution < -0.4 is 0 Å². The van der Waals surface area contributed by atoms with E-state index in [9.17, 15) is 0 Å². The number of hydrogen-bond acceptors (Lipinski definition) is 3. The molecule has 0 unspecified atom stereocenters. The SMILES string of the molecule is C=CCn1nnc(-n2cc(C)c3ccccc32)n1. The predicted molar refractivity (Wildman–Crippen MR) is 69.6 cm³/mol. The van der Waals surface area contributed by atoms with Crippen LogP contribution in [-0.4, -0.2) is 24.8 Å². The Morgan fingerprint density at radius 3 is 3.00 bits per heavy atom. The van der Waals surface area contributed by atoms with Crippen molar-refractivity contribution in [3.63, 3.8) is 0 Å². The van der Waals surface area contributed by atoms with Crippen molar-refractivity contribution in [1.82, 2.24) is 24.8 Å². The zero-order chi connectivity index (χ0) is 12.5. The third-order valence-electron chi connectivity index (χ3n) is 2.86. The van der Waals surface area contributed by atoms with Gasteiger partial charge in [0.05, 0.1) is 12.1 Å². The lowest BCUT2D eigenvalue weighted by atomic mass is 10.2. The zero-order valence-electron chi connectivity index (χ0n) is 10.1. The molecule has 0 atom stereocenters. The highest BCUT2D eigenvalue weighted by Gasteiger charge is 2.10. The highest BCUT2D eigenvalue weighted by Crippen LogP contribution is 2.22. The number of aryl methyl sites for hydroxylation is 1. The topological polar surface area (TPSA) is 48.5 Å². The van der Waals surface area contributed by atoms with Gasteiger partial charge in [-0.05, 0) is 23.8 Å². The first-order valence-electron chi connectivity index (χ1n) is 5.75. The summed E-state index contributed by atoms with van der Waals surface area (Å²) < 4.78 is 1.96. The second-order valence-corrected chi connectivity index (χ2v) is 4.13. The fourth-order valence-corrected chi connectivity index (χ4v) is 2.04. The Morgan fingerprint density at radius 2 is 2.17 bits per heavy atom. The van der Waals surface area contributed by atoms with Gasteiger partial charge in [0.2, 0.25) is 0 Å². The van der Waals surface area contributed by atoms with Crippen molar-refractivity contribution in [1.29, 1.82) is 0 Å². The molecule has 0 saturated carbocycles. The van der Waals surface area contributed by atoms with Gasteiger partial charge in [0.15, 0.2) is 0 Å². The van der Waals surface area contributed by atoms with Crippen LogP contribution in [-0.2, 0) is 6.54 Å². The van der Waals surface area contributed by atoms with Gasteiger partial charge in [-0.25, -0.2) is 0 Å². The molecule has 2 aromatic heterocycles. The second-order valence-electron chi connectivity index (χ2n) is 4.13. The van der Waals surface area contributed by atoms with Gasteiger partial charge in [-0.15, -0.1) is 11.7 Å². The Morgan fingerprint density at radius 1 is 1.33 bits per heavy atom. The molecule has 0 saturated heterocycles. The fraction of sp³-hybridized carbons (Fsp3) is 0.154. The van der Waals surface area contributed by atoms with Crippen LogP contribution in [0.2, 0.25) is 0 Å². The van der Waals surface area contributed by atoms with E-state index in [2.05, 4.69) is 41.0 Å². The number of allylic oxidation sites excluding steroid dienone is 1. The van der Waals surface area contributed by atoms with E-state index in [1.54, 1.807) is 6.08 Å². The number of para-hydroxylation sites is 1. The molecule has 2 heterocycles. The number of benzene rings is 1. The van der Waals surface area contributed by atoms with Crippen molar-refractivity contribution in [2.75, 3.05) is 0 Å². The molecule has 18 heavy (non-hydrogen) atoms. The normalized spacial score (nSPS) is 10.9. The van der Waals surface area contributed by atoms with E-state index in [4.69, 9.17) is 0 Å². The van der Waals surface area contributed by atoms with E-state index >= 15 is 0 Å². The molecule has 0 fully saturated rings. The standard InChI is InChI=1S/C13H13N5/c1-3-8-18-15-13(14-16-18)17-9-10(2)11-6-4-5-7-12(11)17/h3-7,9H,1,8H2,2H3. The second kappa shape index (κ2) is 4.10. The summed E-state index contributed by atoms with van der Waals surface area (Å²) in [6.45, 7) is 6.29. The average Bonchev–Trinajstić information content (AvgIpc) is 2.96. The molecule has 1 aromatic carbocycles. The third kappa shape index (κ3) is 1.60. The van der Waals surface area contributed by atoms with E-state index in [0.717, 1.165) is 5.52 Å². The average molecular weight is 239 g/mol. The first-order valence-corrected chi connectivity index (χ1v) is 5.75. The number of nitrogens with zero attached hydrogens (tertiary/aromatic N) is 5. The molecule has 0 amide bonds. The quantitative estimate of drug-likeness (QED) is 0.658. The van der Waals surface area contributed by atoms with Crippen LogP contribution in [0.15, 0.2) is 43.1 Å². The summed E-state index contributed by atoms with van der Waals surface area (Å²) in [6, 6.07) is 8.18. The van der Waals surface area contributed by atoms with Gasteiger partial charge in [0.25, 0.3) is 5.95 Å². The summed E-state index contributed by atoms with van der Waals surface area (Å²) >= 11 is 0. The maximum atomic E-state index is 4.32. The van der Waals surface area contributed by atoms with Gasteiger partial charge < -0.3 is 0 Å². The summed E-state index contributed by atoms with van der Waals surface area (Å²) in [5, 5.41) is 13.6. The first-order chi connectivity index (χ1) is 8.79. The Kier molecular flexibility index (Phi) is 2.44. The van der Waals surface area contributed by atoms with Gasteiger partial charge in [-0.3, -0.25) is 4.57 Å². The van der Waals surface area contributed by atoms with Gasteiger partial charge in [0, 0.05) is 11.6 Å². The number of rotatable bonds is 3. The van der Waals surface area contributed by atoms with Crippen molar-refractivity contribution >= 4 is 10.9 Å². The largest absolute Gasteiger partial charge is 0.282 e. The van der Waals surface area contributed by atoms with Crippen LogP contribution in [0.3, 0.4) is 0 Å². The lowest BCUT2D eigenvalue weighted by Crippen LogP contribution is -2.01. The van der Waals surface area contributed by atoms with Crippen LogP contribution >= 0.6 is 0 Å². The minimum absolute atomic E-state index is 0.561. The number of tetrazole rings is 1. The third-order valence-corrected chi connectivity index (χ3v) is 2.86. The van der Waals surface area contributed by atoms with Crippen LogP contribution in [0.25, 0.3) is 16.9 Å². The van der Waals surface area contributed by atoms with Crippen LogP contribution in [0.5, 0.6) is 0 Å². The van der Waals surface area contributed by atoms with Crippen molar-refractivity contribution in [3.8, 4) is 5.95 Å². The Hall–Kier alpha value is -2.43. The van der Waals surface area contributed by atoms with Crippen LogP contribution in [0.4, 0.5) is 0 Å². The molecular formula is C13H13N5. The fourth-order valence-electron chi connectivity index (χ4n) is 2.04. The summed E-state index contributed by atoms with van der Waals surface area (Å²) in [5.41, 5.74) is 2.29. The minimum atomic E-state index is 0.561. The van der Waals surface area contributed by atoms with Gasteiger partial charge in [0.1, 0.15) is 0 Å². The Bertz CT molecular complexity index is 707. The Balaban J connectivity index is 2.15. The summed E-state index contributed by atoms with van der Waals surface area (Å²) in [7, 11) is 0. The number of fused-ring (bicyclic) bond motifs is 1. The number of aromatic nitrogens is 5. The zero-order valence-corrected chi connectivity index (χ0v) is 10.1. The van der Waals surface area contributed by atoms with E-state index in [1.165, 1.54) is 15.7 Å². The smallest absolute Gasteiger partial charge is 0.274 e. The van der Waals surface area contributed by atoms with Crippen LogP contribution in [0.1, 0.15) is 5.56 Å². The van der Waals surface area contributed by atoms with Crippen molar-refractivity contribution in [3.05, 3.63) is 48.7 Å². The highest BCUT2D eigenvalue weighted by atomic mass is 15.6. The summed E-state index contributed by atoms with van der Waals surface area (Å²) in [5.74, 6) is 0.584. The summed E-state index contributed by atoms with van der Waals surface area (Å²) in [4.78, 5) is 1.52. The van der Waals surface area contributed by atoms with Crippen LogP contribution in [0, 0.1) is 6.92 Å². The predicted octanol–water partition coefficient (Wildman–Crippen LogP) is 2.11. The summed E-state index contributed by atoms with van der Waals surface area (Å²) in [6.07, 6.45) is 3.77. The molecular weight excluding hydrogens is 226 g/mol. The molecule has 0 aliphatic rings. The van der Waals surface area contributed by atoms with Crippen molar-refractivity contribution in [2.45, 2.75) is 13.5 Å². The van der Waals surface area contributed by atoms with E-state index < -0.39 is 0 Å². The van der Waals surface area contributed by atoms with E-state index in [-0.39, 0.29) is 0 Å².